The highest BCUT2D eigenvalue weighted by Crippen LogP contribution is 2.63. The van der Waals surface area contributed by atoms with E-state index in [2.05, 4.69) is 243 Å². The van der Waals surface area contributed by atoms with Gasteiger partial charge in [0.05, 0.1) is 16.6 Å². The van der Waals surface area contributed by atoms with Crippen LogP contribution in [0.15, 0.2) is 243 Å². The molecule has 13 rings (SSSR count). The van der Waals surface area contributed by atoms with Crippen LogP contribution >= 0.6 is 0 Å². The van der Waals surface area contributed by atoms with Crippen molar-refractivity contribution in [2.75, 3.05) is 0 Å². The second-order valence-corrected chi connectivity index (χ2v) is 17.2. The first-order chi connectivity index (χ1) is 32.2. The molecule has 1 heterocycles. The summed E-state index contributed by atoms with van der Waals surface area (Å²) in [5, 5.41) is 1.01. The fourth-order valence-electron chi connectivity index (χ4n) is 10.9. The third-order valence-electron chi connectivity index (χ3n) is 13.7. The van der Waals surface area contributed by atoms with Crippen LogP contribution in [0.4, 0.5) is 0 Å². The van der Waals surface area contributed by atoms with E-state index in [-0.39, 0.29) is 0 Å². The summed E-state index contributed by atoms with van der Waals surface area (Å²) in [6, 6.07) is 88.2. The molecule has 10 aromatic carbocycles. The molecule has 2 aliphatic rings. The van der Waals surface area contributed by atoms with Gasteiger partial charge in [0.1, 0.15) is 0 Å². The lowest BCUT2D eigenvalue weighted by atomic mass is 9.70. The normalized spacial score (nSPS) is 12.7. The maximum absolute atomic E-state index is 5.68. The van der Waals surface area contributed by atoms with Crippen LogP contribution in [0, 0.1) is 0 Å². The summed E-state index contributed by atoms with van der Waals surface area (Å²) in [7, 11) is 0. The number of benzene rings is 10. The van der Waals surface area contributed by atoms with Crippen molar-refractivity contribution in [1.82, 2.24) is 9.97 Å². The predicted molar refractivity (Wildman–Crippen MR) is 268 cm³/mol. The van der Waals surface area contributed by atoms with Crippen LogP contribution < -0.4 is 0 Å². The molecule has 65 heavy (non-hydrogen) atoms. The number of fused-ring (bicyclic) bond motifs is 11. The van der Waals surface area contributed by atoms with Crippen molar-refractivity contribution in [3.63, 3.8) is 0 Å². The van der Waals surface area contributed by atoms with Crippen LogP contribution in [0.5, 0.6) is 0 Å². The average molecular weight is 825 g/mol. The summed E-state index contributed by atoms with van der Waals surface area (Å²) in [5.41, 5.74) is 22.9. The Bertz CT molecular complexity index is 3510. The Kier molecular flexibility index (Phi) is 8.47. The highest BCUT2D eigenvalue weighted by molar-refractivity contribution is 6.01. The molecule has 0 aliphatic heterocycles. The minimum absolute atomic E-state index is 0.458. The van der Waals surface area contributed by atoms with Crippen LogP contribution in [-0.2, 0) is 5.41 Å². The van der Waals surface area contributed by atoms with E-state index in [1.165, 1.54) is 66.8 Å². The standard InChI is InChI=1S/C63H40N2/c1-3-18-41(19-4-1)43-22-15-24-45(36-43)47-38-48(46-25-16-23-44(37-46)42-20-5-2-6-21-42)40-49(39-47)61-53-29-10-14-35-59(53)64-62(65-61)54-30-17-34-58-60(54)52-28-9-13-33-57(52)63(58)55-31-11-7-26-50(55)51-27-8-12-32-56(51)63/h1-40H. The Labute approximate surface area is 378 Å². The van der Waals surface area contributed by atoms with E-state index in [9.17, 15) is 0 Å². The molecular weight excluding hydrogens is 785 g/mol. The third kappa shape index (κ3) is 5.81. The fraction of sp³-hybridized carbons (Fsp3) is 0.0159. The topological polar surface area (TPSA) is 25.8 Å². The molecule has 0 saturated carbocycles. The van der Waals surface area contributed by atoms with Gasteiger partial charge in [0, 0.05) is 16.5 Å². The molecule has 0 atom stereocenters. The van der Waals surface area contributed by atoms with Gasteiger partial charge in [0.15, 0.2) is 5.82 Å². The van der Waals surface area contributed by atoms with Crippen LogP contribution in [0.1, 0.15) is 22.3 Å². The van der Waals surface area contributed by atoms with Gasteiger partial charge in [0.25, 0.3) is 0 Å². The SMILES string of the molecule is c1ccc(-c2cccc(-c3cc(-c4cccc(-c5ccccc5)c4)cc(-c4nc(-c5cccc6c5-c5ccccc5C65c6ccccc6-c6ccccc65)nc5ccccc45)c3)c2)cc1. The largest absolute Gasteiger partial charge is 0.228 e. The van der Waals surface area contributed by atoms with Gasteiger partial charge in [-0.15, -0.1) is 0 Å². The average Bonchev–Trinajstić information content (AvgIpc) is 3.86. The molecule has 0 fully saturated rings. The molecule has 0 saturated heterocycles. The molecule has 11 aromatic rings. The predicted octanol–water partition coefficient (Wildman–Crippen LogP) is 16.0. The highest BCUT2D eigenvalue weighted by atomic mass is 14.9. The van der Waals surface area contributed by atoms with Crippen LogP contribution in [0.3, 0.4) is 0 Å². The van der Waals surface area contributed by atoms with Gasteiger partial charge in [-0.3, -0.25) is 0 Å². The summed E-state index contributed by atoms with van der Waals surface area (Å²) >= 11 is 0. The van der Waals surface area contributed by atoms with Gasteiger partial charge in [-0.1, -0.05) is 206 Å². The molecule has 2 heteroatoms. The number of rotatable bonds is 6. The maximum atomic E-state index is 5.68. The molecule has 0 N–H and O–H groups in total. The third-order valence-corrected chi connectivity index (χ3v) is 13.7. The van der Waals surface area contributed by atoms with Crippen molar-refractivity contribution in [2.45, 2.75) is 5.41 Å². The summed E-state index contributed by atoms with van der Waals surface area (Å²) in [5.74, 6) is 0.714. The van der Waals surface area contributed by atoms with E-state index < -0.39 is 5.41 Å². The van der Waals surface area contributed by atoms with Crippen LogP contribution in [0.25, 0.3) is 100 Å². The number of hydrogen-bond acceptors (Lipinski definition) is 2. The minimum atomic E-state index is -0.458. The second-order valence-electron chi connectivity index (χ2n) is 17.2. The quantitative estimate of drug-likeness (QED) is 0.167. The van der Waals surface area contributed by atoms with E-state index in [1.54, 1.807) is 0 Å². The van der Waals surface area contributed by atoms with Gasteiger partial charge in [-0.2, -0.15) is 0 Å². The summed E-state index contributed by atoms with van der Waals surface area (Å²) in [4.78, 5) is 11.1. The van der Waals surface area contributed by atoms with Crippen LogP contribution in [0.2, 0.25) is 0 Å². The van der Waals surface area contributed by atoms with Gasteiger partial charge in [0.2, 0.25) is 0 Å². The Morgan fingerprint density at radius 1 is 0.262 bits per heavy atom. The molecule has 1 spiro atoms. The Morgan fingerprint density at radius 2 is 0.662 bits per heavy atom. The van der Waals surface area contributed by atoms with Gasteiger partial charge in [-0.25, -0.2) is 9.97 Å². The monoisotopic (exact) mass is 824 g/mol. The van der Waals surface area contributed by atoms with Gasteiger partial charge >= 0.3 is 0 Å². The van der Waals surface area contributed by atoms with Crippen molar-refractivity contribution < 1.29 is 0 Å². The second kappa shape index (κ2) is 14.8. The lowest BCUT2D eigenvalue weighted by Crippen LogP contribution is -2.25. The zero-order valence-corrected chi connectivity index (χ0v) is 35.5. The summed E-state index contributed by atoms with van der Waals surface area (Å²) in [6.45, 7) is 0. The zero-order valence-electron chi connectivity index (χ0n) is 35.5. The Morgan fingerprint density at radius 3 is 1.26 bits per heavy atom. The Balaban J connectivity index is 1.04. The van der Waals surface area contributed by atoms with Crippen LogP contribution in [-0.4, -0.2) is 9.97 Å². The van der Waals surface area contributed by atoms with E-state index in [1.807, 2.05) is 0 Å². The minimum Gasteiger partial charge on any atom is -0.228 e. The van der Waals surface area contributed by atoms with Crippen molar-refractivity contribution in [3.05, 3.63) is 265 Å². The summed E-state index contributed by atoms with van der Waals surface area (Å²) in [6.07, 6.45) is 0. The molecule has 2 nitrogen and oxygen atoms in total. The number of nitrogens with zero attached hydrogens (tertiary/aromatic N) is 2. The molecule has 0 bridgehead atoms. The fourth-order valence-corrected chi connectivity index (χ4v) is 10.9. The van der Waals surface area contributed by atoms with Crippen molar-refractivity contribution in [2.24, 2.45) is 0 Å². The van der Waals surface area contributed by atoms with Gasteiger partial charge < -0.3 is 0 Å². The number of aromatic nitrogens is 2. The maximum Gasteiger partial charge on any atom is 0.161 e. The first-order valence-electron chi connectivity index (χ1n) is 22.4. The van der Waals surface area contributed by atoms with Gasteiger partial charge in [-0.05, 0) is 125 Å². The lowest BCUT2D eigenvalue weighted by Gasteiger charge is -2.30. The first kappa shape index (κ1) is 37.1. The highest BCUT2D eigenvalue weighted by Gasteiger charge is 2.52. The molecule has 2 aliphatic carbocycles. The number of hydrogen-bond donors (Lipinski definition) is 0. The number of para-hydroxylation sites is 1. The first-order valence-corrected chi connectivity index (χ1v) is 22.4. The zero-order chi connectivity index (χ0) is 42.9. The van der Waals surface area contributed by atoms with Crippen molar-refractivity contribution in [1.29, 1.82) is 0 Å². The molecule has 0 unspecified atom stereocenters. The Hall–Kier alpha value is -8.46. The molecule has 0 amide bonds. The molecule has 302 valence electrons. The summed E-state index contributed by atoms with van der Waals surface area (Å²) < 4.78 is 0. The van der Waals surface area contributed by atoms with E-state index in [0.717, 1.165) is 50.0 Å². The molecule has 0 radical (unpaired) electrons. The molecule has 1 aromatic heterocycles. The lowest BCUT2D eigenvalue weighted by molar-refractivity contribution is 0.794. The van der Waals surface area contributed by atoms with E-state index in [4.69, 9.17) is 9.97 Å². The van der Waals surface area contributed by atoms with E-state index in [0.29, 0.717) is 5.82 Å². The smallest absolute Gasteiger partial charge is 0.161 e. The molecular formula is C63H40N2. The van der Waals surface area contributed by atoms with E-state index >= 15 is 0 Å². The van der Waals surface area contributed by atoms with Crippen molar-refractivity contribution in [3.8, 4) is 89.4 Å². The van der Waals surface area contributed by atoms with Crippen molar-refractivity contribution >= 4 is 10.9 Å².